The average Bonchev–Trinajstić information content (AvgIpc) is 2.91. The third-order valence-electron chi connectivity index (χ3n) is 2.67. The molecule has 0 aliphatic carbocycles. The third kappa shape index (κ3) is 3.77. The Bertz CT molecular complexity index is 672. The number of halogens is 1. The number of sulfonamides is 1. The first-order chi connectivity index (χ1) is 9.53. The number of nitrogens with one attached hydrogen (secondary N) is 1. The van der Waals surface area contributed by atoms with E-state index in [4.69, 9.17) is 17.3 Å². The SMILES string of the molecule is NCc1ccc(S(=O)(=O)NCCc2nccs2)cc1Cl. The summed E-state index contributed by atoms with van der Waals surface area (Å²) in [6.45, 7) is 0.572. The number of thiazole rings is 1. The van der Waals surface area contributed by atoms with Gasteiger partial charge in [-0.15, -0.1) is 11.3 Å². The first-order valence-corrected chi connectivity index (χ1v) is 8.63. The highest BCUT2D eigenvalue weighted by atomic mass is 35.5. The van der Waals surface area contributed by atoms with Gasteiger partial charge >= 0.3 is 0 Å². The fraction of sp³-hybridized carbons (Fsp3) is 0.250. The molecule has 0 radical (unpaired) electrons. The average molecular weight is 332 g/mol. The molecule has 0 fully saturated rings. The number of hydrogen-bond acceptors (Lipinski definition) is 5. The molecule has 1 aromatic heterocycles. The number of nitrogens with two attached hydrogens (primary N) is 1. The van der Waals surface area contributed by atoms with Crippen LogP contribution in [0.3, 0.4) is 0 Å². The lowest BCUT2D eigenvalue weighted by Crippen LogP contribution is -2.26. The molecule has 1 heterocycles. The fourth-order valence-corrected chi connectivity index (χ4v) is 3.61. The smallest absolute Gasteiger partial charge is 0.240 e. The molecule has 0 amide bonds. The molecule has 0 atom stereocenters. The summed E-state index contributed by atoms with van der Waals surface area (Å²) in [6, 6.07) is 4.53. The minimum atomic E-state index is -3.56. The van der Waals surface area contributed by atoms with Crippen LogP contribution >= 0.6 is 22.9 Å². The van der Waals surface area contributed by atoms with Crippen LogP contribution in [0.4, 0.5) is 0 Å². The maximum atomic E-state index is 12.1. The number of nitrogens with zero attached hydrogens (tertiary/aromatic N) is 1. The van der Waals surface area contributed by atoms with Crippen molar-refractivity contribution < 1.29 is 8.42 Å². The molecule has 2 aromatic rings. The Morgan fingerprint density at radius 1 is 1.40 bits per heavy atom. The number of benzene rings is 1. The summed E-state index contributed by atoms with van der Waals surface area (Å²) < 4.78 is 26.7. The highest BCUT2D eigenvalue weighted by Gasteiger charge is 2.15. The van der Waals surface area contributed by atoms with E-state index >= 15 is 0 Å². The van der Waals surface area contributed by atoms with Crippen molar-refractivity contribution in [2.45, 2.75) is 17.9 Å². The second kappa shape index (κ2) is 6.64. The summed E-state index contributed by atoms with van der Waals surface area (Å²) in [6.07, 6.45) is 2.26. The molecule has 1 aromatic carbocycles. The van der Waals surface area contributed by atoms with Crippen molar-refractivity contribution in [3.8, 4) is 0 Å². The van der Waals surface area contributed by atoms with Crippen LogP contribution in [0.1, 0.15) is 10.6 Å². The van der Waals surface area contributed by atoms with Gasteiger partial charge in [0.05, 0.1) is 9.90 Å². The van der Waals surface area contributed by atoms with Crippen LogP contribution in [0.25, 0.3) is 0 Å². The highest BCUT2D eigenvalue weighted by Crippen LogP contribution is 2.20. The van der Waals surface area contributed by atoms with E-state index in [9.17, 15) is 8.42 Å². The van der Waals surface area contributed by atoms with E-state index in [1.807, 2.05) is 5.38 Å². The van der Waals surface area contributed by atoms with E-state index in [1.165, 1.54) is 23.5 Å². The molecule has 20 heavy (non-hydrogen) atoms. The Morgan fingerprint density at radius 3 is 2.80 bits per heavy atom. The van der Waals surface area contributed by atoms with Gasteiger partial charge in [0.25, 0.3) is 0 Å². The normalized spacial score (nSPS) is 11.7. The van der Waals surface area contributed by atoms with Gasteiger partial charge in [-0.2, -0.15) is 0 Å². The van der Waals surface area contributed by atoms with Crippen LogP contribution in [0.5, 0.6) is 0 Å². The lowest BCUT2D eigenvalue weighted by Gasteiger charge is -2.08. The zero-order valence-electron chi connectivity index (χ0n) is 10.5. The molecule has 0 bridgehead atoms. The van der Waals surface area contributed by atoms with Crippen molar-refractivity contribution in [2.24, 2.45) is 5.73 Å². The maximum Gasteiger partial charge on any atom is 0.240 e. The largest absolute Gasteiger partial charge is 0.326 e. The van der Waals surface area contributed by atoms with Gasteiger partial charge in [0, 0.05) is 36.1 Å². The van der Waals surface area contributed by atoms with Crippen LogP contribution in [0.2, 0.25) is 5.02 Å². The molecule has 0 unspecified atom stereocenters. The van der Waals surface area contributed by atoms with Gasteiger partial charge < -0.3 is 5.73 Å². The standard InChI is InChI=1S/C12H14ClN3O2S2/c13-11-7-10(2-1-9(11)8-14)20(17,18)16-4-3-12-15-5-6-19-12/h1-2,5-7,16H,3-4,8,14H2. The number of rotatable bonds is 6. The van der Waals surface area contributed by atoms with E-state index in [0.717, 1.165) is 5.01 Å². The molecule has 108 valence electrons. The molecule has 0 saturated carbocycles. The molecule has 2 rings (SSSR count). The van der Waals surface area contributed by atoms with Gasteiger partial charge in [-0.25, -0.2) is 18.1 Å². The monoisotopic (exact) mass is 331 g/mol. The van der Waals surface area contributed by atoms with Crippen LogP contribution in [-0.2, 0) is 23.0 Å². The van der Waals surface area contributed by atoms with E-state index in [-0.39, 0.29) is 11.4 Å². The van der Waals surface area contributed by atoms with Gasteiger partial charge in [-0.3, -0.25) is 0 Å². The summed E-state index contributed by atoms with van der Waals surface area (Å²) >= 11 is 7.47. The Kier molecular flexibility index (Phi) is 5.11. The minimum absolute atomic E-state index is 0.138. The Morgan fingerprint density at radius 2 is 2.20 bits per heavy atom. The summed E-state index contributed by atoms with van der Waals surface area (Å²) in [7, 11) is -3.56. The van der Waals surface area contributed by atoms with E-state index in [1.54, 1.807) is 12.3 Å². The van der Waals surface area contributed by atoms with Gasteiger partial charge in [0.1, 0.15) is 0 Å². The zero-order chi connectivity index (χ0) is 14.6. The second-order valence-electron chi connectivity index (χ2n) is 4.03. The molecule has 0 saturated heterocycles. The number of hydrogen-bond donors (Lipinski definition) is 2. The van der Waals surface area contributed by atoms with Crippen LogP contribution < -0.4 is 10.5 Å². The first kappa shape index (κ1) is 15.4. The van der Waals surface area contributed by atoms with Crippen LogP contribution in [0.15, 0.2) is 34.7 Å². The Hall–Kier alpha value is -0.990. The van der Waals surface area contributed by atoms with E-state index in [2.05, 4.69) is 9.71 Å². The fourth-order valence-electron chi connectivity index (χ4n) is 1.61. The predicted octanol–water partition coefficient (Wildman–Crippen LogP) is 1.78. The quantitative estimate of drug-likeness (QED) is 0.845. The predicted molar refractivity (Wildman–Crippen MR) is 80.3 cm³/mol. The highest BCUT2D eigenvalue weighted by molar-refractivity contribution is 7.89. The van der Waals surface area contributed by atoms with E-state index in [0.29, 0.717) is 23.6 Å². The Balaban J connectivity index is 2.04. The molecular weight excluding hydrogens is 318 g/mol. The van der Waals surface area contributed by atoms with Crippen molar-refractivity contribution in [3.05, 3.63) is 45.4 Å². The molecule has 3 N–H and O–H groups in total. The molecule has 0 aliphatic rings. The van der Waals surface area contributed by atoms with Crippen molar-refractivity contribution in [1.82, 2.24) is 9.71 Å². The summed E-state index contributed by atoms with van der Waals surface area (Å²) in [5.74, 6) is 0. The van der Waals surface area contributed by atoms with Crippen LogP contribution in [0, 0.1) is 0 Å². The van der Waals surface area contributed by atoms with Gasteiger partial charge in [-0.1, -0.05) is 17.7 Å². The summed E-state index contributed by atoms with van der Waals surface area (Å²) in [4.78, 5) is 4.23. The van der Waals surface area contributed by atoms with Crippen molar-refractivity contribution in [1.29, 1.82) is 0 Å². The zero-order valence-corrected chi connectivity index (χ0v) is 12.9. The third-order valence-corrected chi connectivity index (χ3v) is 5.32. The Labute approximate surface area is 126 Å². The summed E-state index contributed by atoms with van der Waals surface area (Å²) in [5, 5.41) is 3.11. The second-order valence-corrected chi connectivity index (χ2v) is 7.18. The molecule has 0 spiro atoms. The van der Waals surface area contributed by atoms with Crippen molar-refractivity contribution in [2.75, 3.05) is 6.54 Å². The summed E-state index contributed by atoms with van der Waals surface area (Å²) in [5.41, 5.74) is 6.20. The minimum Gasteiger partial charge on any atom is -0.326 e. The molecule has 8 heteroatoms. The lowest BCUT2D eigenvalue weighted by molar-refractivity contribution is 0.581. The van der Waals surface area contributed by atoms with E-state index < -0.39 is 10.0 Å². The van der Waals surface area contributed by atoms with Gasteiger partial charge in [0.15, 0.2) is 0 Å². The van der Waals surface area contributed by atoms with Gasteiger partial charge in [0.2, 0.25) is 10.0 Å². The molecule has 0 aliphatic heterocycles. The topological polar surface area (TPSA) is 85.1 Å². The van der Waals surface area contributed by atoms with Crippen LogP contribution in [-0.4, -0.2) is 19.9 Å². The molecular formula is C12H14ClN3O2S2. The van der Waals surface area contributed by atoms with Crippen molar-refractivity contribution in [3.63, 3.8) is 0 Å². The first-order valence-electron chi connectivity index (χ1n) is 5.89. The number of aromatic nitrogens is 1. The lowest BCUT2D eigenvalue weighted by atomic mass is 10.2. The van der Waals surface area contributed by atoms with Crippen molar-refractivity contribution >= 4 is 33.0 Å². The molecule has 5 nitrogen and oxygen atoms in total. The maximum absolute atomic E-state index is 12.1. The van der Waals surface area contributed by atoms with Gasteiger partial charge in [-0.05, 0) is 17.7 Å².